The quantitative estimate of drug-likeness (QED) is 0.498. The zero-order valence-electron chi connectivity index (χ0n) is 7.82. The molecule has 0 bridgehead atoms. The van der Waals surface area contributed by atoms with E-state index in [2.05, 4.69) is 10.2 Å². The van der Waals surface area contributed by atoms with Gasteiger partial charge >= 0.3 is 0 Å². The van der Waals surface area contributed by atoms with E-state index >= 15 is 0 Å². The van der Waals surface area contributed by atoms with Gasteiger partial charge in [-0.05, 0) is 13.0 Å². The third kappa shape index (κ3) is 1.86. The van der Waals surface area contributed by atoms with E-state index in [0.29, 0.717) is 6.04 Å². The monoisotopic (exact) mass is 186 g/mol. The first-order chi connectivity index (χ1) is 6.31. The van der Waals surface area contributed by atoms with E-state index in [0.717, 1.165) is 26.2 Å². The topological polar surface area (TPSA) is 55.7 Å². The minimum Gasteiger partial charge on any atom is -0.396 e. The van der Waals surface area contributed by atoms with Gasteiger partial charge in [0.05, 0.1) is 6.10 Å². The van der Waals surface area contributed by atoms with Crippen LogP contribution in [0.5, 0.6) is 0 Å². The number of hydrogen-bond acceptors (Lipinski definition) is 4. The molecule has 2 fully saturated rings. The molecule has 0 spiro atoms. The van der Waals surface area contributed by atoms with Gasteiger partial charge in [-0.1, -0.05) is 0 Å². The molecule has 2 saturated heterocycles. The van der Waals surface area contributed by atoms with Gasteiger partial charge in [0.1, 0.15) is 0 Å². The Labute approximate surface area is 78.5 Å². The standard InChI is InChI=1S/C9H18N2O2/c12-6-7-4-11(5-9(7)13)8-1-2-10-3-8/h7-10,12-13H,1-6H2. The Bertz CT molecular complexity index is 171. The molecule has 0 radical (unpaired) electrons. The fourth-order valence-corrected chi connectivity index (χ4v) is 2.32. The summed E-state index contributed by atoms with van der Waals surface area (Å²) in [6.45, 7) is 3.81. The van der Waals surface area contributed by atoms with Crippen LogP contribution in [0.1, 0.15) is 6.42 Å². The highest BCUT2D eigenvalue weighted by atomic mass is 16.3. The molecule has 2 heterocycles. The van der Waals surface area contributed by atoms with Crippen molar-refractivity contribution in [3.8, 4) is 0 Å². The van der Waals surface area contributed by atoms with Crippen LogP contribution in [0, 0.1) is 5.92 Å². The summed E-state index contributed by atoms with van der Waals surface area (Å²) in [4.78, 5) is 2.30. The minimum atomic E-state index is -0.328. The zero-order valence-corrected chi connectivity index (χ0v) is 7.82. The maximum absolute atomic E-state index is 9.60. The van der Waals surface area contributed by atoms with Gasteiger partial charge < -0.3 is 15.5 Å². The molecule has 2 aliphatic rings. The fraction of sp³-hybridized carbons (Fsp3) is 1.00. The Balaban J connectivity index is 1.88. The van der Waals surface area contributed by atoms with E-state index in [-0.39, 0.29) is 18.6 Å². The fourth-order valence-electron chi connectivity index (χ4n) is 2.32. The highest BCUT2D eigenvalue weighted by Crippen LogP contribution is 2.21. The second kappa shape index (κ2) is 3.92. The Morgan fingerprint density at radius 2 is 2.23 bits per heavy atom. The molecule has 0 aromatic heterocycles. The molecule has 2 aliphatic heterocycles. The predicted molar refractivity (Wildman–Crippen MR) is 49.4 cm³/mol. The number of aliphatic hydroxyl groups is 2. The number of aliphatic hydroxyl groups excluding tert-OH is 2. The summed E-state index contributed by atoms with van der Waals surface area (Å²) in [5, 5.41) is 21.9. The van der Waals surface area contributed by atoms with Crippen molar-refractivity contribution in [2.75, 3.05) is 32.8 Å². The van der Waals surface area contributed by atoms with Crippen LogP contribution >= 0.6 is 0 Å². The normalized spacial score (nSPS) is 41.5. The Hall–Kier alpha value is -0.160. The number of likely N-dealkylation sites (tertiary alicyclic amines) is 1. The third-order valence-corrected chi connectivity index (χ3v) is 3.22. The molecule has 3 unspecified atom stereocenters. The van der Waals surface area contributed by atoms with Crippen molar-refractivity contribution in [2.45, 2.75) is 18.6 Å². The van der Waals surface area contributed by atoms with Gasteiger partial charge in [-0.3, -0.25) is 4.90 Å². The summed E-state index contributed by atoms with van der Waals surface area (Å²) >= 11 is 0. The Morgan fingerprint density at radius 1 is 1.38 bits per heavy atom. The van der Waals surface area contributed by atoms with Crippen LogP contribution in [0.4, 0.5) is 0 Å². The van der Waals surface area contributed by atoms with E-state index < -0.39 is 0 Å². The molecule has 0 amide bonds. The number of nitrogens with one attached hydrogen (secondary N) is 1. The van der Waals surface area contributed by atoms with Crippen molar-refractivity contribution >= 4 is 0 Å². The molecule has 0 aliphatic carbocycles. The van der Waals surface area contributed by atoms with E-state index in [1.54, 1.807) is 0 Å². The molecular formula is C9H18N2O2. The van der Waals surface area contributed by atoms with Crippen LogP contribution in [-0.4, -0.2) is 60.0 Å². The predicted octanol–water partition coefficient (Wildman–Crippen LogP) is -1.37. The molecule has 4 nitrogen and oxygen atoms in total. The lowest BCUT2D eigenvalue weighted by atomic mass is 10.1. The summed E-state index contributed by atoms with van der Waals surface area (Å²) in [5.74, 6) is 0.0700. The molecule has 0 saturated carbocycles. The largest absolute Gasteiger partial charge is 0.396 e. The molecular weight excluding hydrogens is 168 g/mol. The van der Waals surface area contributed by atoms with E-state index in [1.165, 1.54) is 6.42 Å². The van der Waals surface area contributed by atoms with Crippen LogP contribution in [0.15, 0.2) is 0 Å². The number of rotatable bonds is 2. The van der Waals surface area contributed by atoms with Gasteiger partial charge in [0, 0.05) is 38.2 Å². The molecule has 3 atom stereocenters. The average Bonchev–Trinajstić information content (AvgIpc) is 2.71. The Morgan fingerprint density at radius 3 is 2.77 bits per heavy atom. The summed E-state index contributed by atoms with van der Waals surface area (Å²) in [6.07, 6.45) is 0.843. The first-order valence-corrected chi connectivity index (χ1v) is 5.05. The van der Waals surface area contributed by atoms with E-state index in [4.69, 9.17) is 5.11 Å². The molecule has 76 valence electrons. The minimum absolute atomic E-state index is 0.0700. The van der Waals surface area contributed by atoms with Crippen LogP contribution < -0.4 is 5.32 Å². The van der Waals surface area contributed by atoms with Gasteiger partial charge in [0.2, 0.25) is 0 Å². The van der Waals surface area contributed by atoms with Gasteiger partial charge in [-0.25, -0.2) is 0 Å². The van der Waals surface area contributed by atoms with Gasteiger partial charge in [0.15, 0.2) is 0 Å². The molecule has 13 heavy (non-hydrogen) atoms. The summed E-state index contributed by atoms with van der Waals surface area (Å²) < 4.78 is 0. The lowest BCUT2D eigenvalue weighted by Gasteiger charge is -2.22. The maximum Gasteiger partial charge on any atom is 0.0729 e. The van der Waals surface area contributed by atoms with Crippen molar-refractivity contribution in [1.29, 1.82) is 0 Å². The zero-order chi connectivity index (χ0) is 9.26. The number of hydrogen-bond donors (Lipinski definition) is 3. The lowest BCUT2D eigenvalue weighted by Crippen LogP contribution is -2.35. The second-order valence-electron chi connectivity index (χ2n) is 4.11. The average molecular weight is 186 g/mol. The molecule has 3 N–H and O–H groups in total. The SMILES string of the molecule is OCC1CN(C2CCNC2)CC1O. The van der Waals surface area contributed by atoms with Crippen LogP contribution in [0.3, 0.4) is 0 Å². The van der Waals surface area contributed by atoms with Gasteiger partial charge in [0.25, 0.3) is 0 Å². The molecule has 4 heteroatoms. The van der Waals surface area contributed by atoms with Gasteiger partial charge in [-0.2, -0.15) is 0 Å². The highest BCUT2D eigenvalue weighted by molar-refractivity contribution is 4.90. The van der Waals surface area contributed by atoms with Crippen LogP contribution in [-0.2, 0) is 0 Å². The first kappa shape index (κ1) is 9.40. The molecule has 0 aromatic rings. The summed E-state index contributed by atoms with van der Waals surface area (Å²) in [5.41, 5.74) is 0. The van der Waals surface area contributed by atoms with Crippen molar-refractivity contribution in [3.63, 3.8) is 0 Å². The first-order valence-electron chi connectivity index (χ1n) is 5.05. The van der Waals surface area contributed by atoms with E-state index in [9.17, 15) is 5.11 Å². The summed E-state index contributed by atoms with van der Waals surface area (Å²) in [7, 11) is 0. The third-order valence-electron chi connectivity index (χ3n) is 3.22. The molecule has 0 aromatic carbocycles. The maximum atomic E-state index is 9.60. The Kier molecular flexibility index (Phi) is 2.83. The van der Waals surface area contributed by atoms with Crippen molar-refractivity contribution in [2.24, 2.45) is 5.92 Å². The van der Waals surface area contributed by atoms with Crippen LogP contribution in [0.2, 0.25) is 0 Å². The number of nitrogens with zero attached hydrogens (tertiary/aromatic N) is 1. The van der Waals surface area contributed by atoms with Gasteiger partial charge in [-0.15, -0.1) is 0 Å². The lowest BCUT2D eigenvalue weighted by molar-refractivity contribution is 0.102. The van der Waals surface area contributed by atoms with Crippen LogP contribution in [0.25, 0.3) is 0 Å². The second-order valence-corrected chi connectivity index (χ2v) is 4.11. The van der Waals surface area contributed by atoms with E-state index in [1.807, 2.05) is 0 Å². The summed E-state index contributed by atoms with van der Waals surface area (Å²) in [6, 6.07) is 0.575. The highest BCUT2D eigenvalue weighted by Gasteiger charge is 2.35. The smallest absolute Gasteiger partial charge is 0.0729 e. The van der Waals surface area contributed by atoms with Crippen molar-refractivity contribution in [1.82, 2.24) is 10.2 Å². The molecule has 2 rings (SSSR count). The number of β-amino-alcohol motifs (C(OH)–C–C–N with tert-alkyl or cyclic N) is 1. The van der Waals surface area contributed by atoms with Crippen molar-refractivity contribution < 1.29 is 10.2 Å². The van der Waals surface area contributed by atoms with Crippen molar-refractivity contribution in [3.05, 3.63) is 0 Å².